The molecule has 92 valence electrons. The minimum atomic E-state index is 0.0741. The van der Waals surface area contributed by atoms with Gasteiger partial charge >= 0.3 is 0 Å². The Morgan fingerprint density at radius 2 is 0.944 bits per heavy atom. The second-order valence-electron chi connectivity index (χ2n) is 4.55. The van der Waals surface area contributed by atoms with Gasteiger partial charge in [0.05, 0.1) is 12.5 Å². The van der Waals surface area contributed by atoms with Gasteiger partial charge in [0.1, 0.15) is 12.2 Å². The molecule has 1 aliphatic heterocycles. The van der Waals surface area contributed by atoms with Gasteiger partial charge in [0.2, 0.25) is 0 Å². The molecule has 3 aliphatic rings. The van der Waals surface area contributed by atoms with Gasteiger partial charge in [-0.05, 0) is 24.3 Å². The van der Waals surface area contributed by atoms with Crippen LogP contribution < -0.4 is 0 Å². The van der Waals surface area contributed by atoms with Crippen LogP contribution in [0.4, 0.5) is 0 Å². The maximum atomic E-state index is 5.79. The summed E-state index contributed by atoms with van der Waals surface area (Å²) in [5, 5.41) is 0. The summed E-state index contributed by atoms with van der Waals surface area (Å²) < 4.78 is 11.6. The van der Waals surface area contributed by atoms with Crippen molar-refractivity contribution in [3.8, 4) is 0 Å². The van der Waals surface area contributed by atoms with E-state index >= 15 is 0 Å². The Labute approximate surface area is 107 Å². The molecule has 0 aromatic heterocycles. The van der Waals surface area contributed by atoms with Crippen LogP contribution >= 0.6 is 0 Å². The minimum Gasteiger partial charge on any atom is -0.493 e. The maximum absolute atomic E-state index is 5.79. The molecule has 0 N–H and O–H groups in total. The van der Waals surface area contributed by atoms with Gasteiger partial charge in [0, 0.05) is 11.8 Å². The molecule has 1 heterocycles. The van der Waals surface area contributed by atoms with Crippen molar-refractivity contribution >= 4 is 0 Å². The first-order valence-electron chi connectivity index (χ1n) is 6.28. The highest BCUT2D eigenvalue weighted by atomic mass is 16.5. The van der Waals surface area contributed by atoms with Crippen LogP contribution in [0.5, 0.6) is 0 Å². The van der Waals surface area contributed by atoms with E-state index in [0.717, 1.165) is 0 Å². The predicted octanol–water partition coefficient (Wildman–Crippen LogP) is 3.28. The molecule has 0 saturated heterocycles. The first kappa shape index (κ1) is 11.1. The van der Waals surface area contributed by atoms with Gasteiger partial charge in [0.25, 0.3) is 0 Å². The average Bonchev–Trinajstić information content (AvgIpc) is 2.44. The fourth-order valence-corrected chi connectivity index (χ4v) is 2.54. The summed E-state index contributed by atoms with van der Waals surface area (Å²) in [7, 11) is 0. The highest BCUT2D eigenvalue weighted by molar-refractivity contribution is 5.24. The summed E-state index contributed by atoms with van der Waals surface area (Å²) in [6, 6.07) is 0. The molecular formula is C16H16O2. The van der Waals surface area contributed by atoms with E-state index in [2.05, 4.69) is 36.5 Å². The fourth-order valence-electron chi connectivity index (χ4n) is 2.54. The van der Waals surface area contributed by atoms with E-state index in [-0.39, 0.29) is 12.2 Å². The van der Waals surface area contributed by atoms with Crippen molar-refractivity contribution in [1.29, 1.82) is 0 Å². The summed E-state index contributed by atoms with van der Waals surface area (Å²) in [6.07, 6.45) is 24.2. The van der Waals surface area contributed by atoms with Crippen LogP contribution in [-0.4, -0.2) is 12.2 Å². The lowest BCUT2D eigenvalue weighted by molar-refractivity contribution is 0.0680. The summed E-state index contributed by atoms with van der Waals surface area (Å²) in [5.74, 6) is 0.606. The van der Waals surface area contributed by atoms with Crippen molar-refractivity contribution in [2.24, 2.45) is 11.8 Å². The Bertz CT molecular complexity index is 421. The zero-order valence-electron chi connectivity index (χ0n) is 10.1. The van der Waals surface area contributed by atoms with E-state index in [4.69, 9.17) is 9.47 Å². The lowest BCUT2D eigenvalue weighted by Crippen LogP contribution is -2.34. The van der Waals surface area contributed by atoms with Crippen LogP contribution in [0.3, 0.4) is 0 Å². The van der Waals surface area contributed by atoms with Gasteiger partial charge in [-0.3, -0.25) is 0 Å². The summed E-state index contributed by atoms with van der Waals surface area (Å²) in [5.41, 5.74) is 0. The Kier molecular flexibility index (Phi) is 3.18. The van der Waals surface area contributed by atoms with Gasteiger partial charge in [-0.2, -0.15) is 0 Å². The quantitative estimate of drug-likeness (QED) is 0.647. The Hall–Kier alpha value is -1.96. The smallest absolute Gasteiger partial charge is 0.123 e. The number of hydrogen-bond acceptors (Lipinski definition) is 2. The number of rotatable bonds is 0. The number of ether oxygens (including phenoxy) is 2. The minimum absolute atomic E-state index is 0.0741. The molecule has 0 radical (unpaired) electrons. The Balaban J connectivity index is 1.92. The molecule has 3 rings (SSSR count). The molecule has 0 fully saturated rings. The summed E-state index contributed by atoms with van der Waals surface area (Å²) >= 11 is 0. The normalized spacial score (nSPS) is 36.4. The van der Waals surface area contributed by atoms with Crippen molar-refractivity contribution in [3.05, 3.63) is 73.3 Å². The SMILES string of the molecule is C1=COC2C=CC=CC2C2C=CC=CC2OC=C1. The fraction of sp³-hybridized carbons (Fsp3) is 0.250. The first-order chi connectivity index (χ1) is 8.95. The third-order valence-corrected chi connectivity index (χ3v) is 3.43. The Morgan fingerprint density at radius 1 is 0.500 bits per heavy atom. The predicted molar refractivity (Wildman–Crippen MR) is 71.6 cm³/mol. The van der Waals surface area contributed by atoms with E-state index in [1.54, 1.807) is 12.5 Å². The van der Waals surface area contributed by atoms with Gasteiger partial charge in [0.15, 0.2) is 0 Å². The van der Waals surface area contributed by atoms with Crippen LogP contribution in [0.2, 0.25) is 0 Å². The summed E-state index contributed by atoms with van der Waals surface area (Å²) in [6.45, 7) is 0. The van der Waals surface area contributed by atoms with E-state index in [9.17, 15) is 0 Å². The number of hydrogen-bond donors (Lipinski definition) is 0. The standard InChI is InChI=1S/C16H16O2/c1-3-9-15-13(7-1)14-8-2-4-10-16(14)18-12-6-5-11-17-15/h1-16H. The molecule has 2 nitrogen and oxygen atoms in total. The number of allylic oxidation sites excluding steroid dienone is 6. The third-order valence-electron chi connectivity index (χ3n) is 3.43. The molecule has 0 spiro atoms. The monoisotopic (exact) mass is 240 g/mol. The van der Waals surface area contributed by atoms with Gasteiger partial charge in [-0.15, -0.1) is 0 Å². The maximum Gasteiger partial charge on any atom is 0.123 e. The van der Waals surface area contributed by atoms with Crippen LogP contribution in [-0.2, 0) is 9.47 Å². The van der Waals surface area contributed by atoms with Crippen LogP contribution in [0.25, 0.3) is 0 Å². The molecule has 2 heteroatoms. The van der Waals surface area contributed by atoms with Crippen molar-refractivity contribution in [2.45, 2.75) is 12.2 Å². The second kappa shape index (κ2) is 5.13. The molecule has 4 atom stereocenters. The molecule has 0 aromatic rings. The zero-order valence-corrected chi connectivity index (χ0v) is 10.1. The van der Waals surface area contributed by atoms with E-state index in [0.29, 0.717) is 11.8 Å². The van der Waals surface area contributed by atoms with Crippen LogP contribution in [0.15, 0.2) is 73.3 Å². The van der Waals surface area contributed by atoms with Crippen LogP contribution in [0, 0.1) is 11.8 Å². The molecule has 2 aliphatic carbocycles. The van der Waals surface area contributed by atoms with Gasteiger partial charge in [-0.25, -0.2) is 0 Å². The molecular weight excluding hydrogens is 224 g/mol. The molecule has 4 unspecified atom stereocenters. The van der Waals surface area contributed by atoms with Crippen LogP contribution in [0.1, 0.15) is 0 Å². The average molecular weight is 240 g/mol. The first-order valence-corrected chi connectivity index (χ1v) is 6.28. The van der Waals surface area contributed by atoms with Crippen molar-refractivity contribution < 1.29 is 9.47 Å². The molecule has 0 saturated carbocycles. The zero-order chi connectivity index (χ0) is 12.2. The molecule has 18 heavy (non-hydrogen) atoms. The van der Waals surface area contributed by atoms with E-state index in [1.165, 1.54) is 0 Å². The highest BCUT2D eigenvalue weighted by Gasteiger charge is 2.33. The lowest BCUT2D eigenvalue weighted by Gasteiger charge is -2.34. The second-order valence-corrected chi connectivity index (χ2v) is 4.55. The van der Waals surface area contributed by atoms with Crippen molar-refractivity contribution in [2.75, 3.05) is 0 Å². The third kappa shape index (κ3) is 2.19. The number of fused-ring (bicyclic) bond motifs is 3. The molecule has 0 aromatic carbocycles. The van der Waals surface area contributed by atoms with Crippen molar-refractivity contribution in [1.82, 2.24) is 0 Å². The van der Waals surface area contributed by atoms with E-state index in [1.807, 2.05) is 24.3 Å². The van der Waals surface area contributed by atoms with Crippen molar-refractivity contribution in [3.63, 3.8) is 0 Å². The highest BCUT2D eigenvalue weighted by Crippen LogP contribution is 2.32. The largest absolute Gasteiger partial charge is 0.493 e. The molecule has 0 bridgehead atoms. The molecule has 0 amide bonds. The van der Waals surface area contributed by atoms with Gasteiger partial charge in [-0.1, -0.05) is 36.5 Å². The van der Waals surface area contributed by atoms with Gasteiger partial charge < -0.3 is 9.47 Å². The van der Waals surface area contributed by atoms with E-state index < -0.39 is 0 Å². The summed E-state index contributed by atoms with van der Waals surface area (Å²) in [4.78, 5) is 0. The lowest BCUT2D eigenvalue weighted by atomic mass is 9.79. The topological polar surface area (TPSA) is 18.5 Å². The Morgan fingerprint density at radius 3 is 1.44 bits per heavy atom.